The average molecular weight is 290 g/mol. The second-order valence-electron chi connectivity index (χ2n) is 4.45. The molecule has 2 N–H and O–H groups in total. The lowest BCUT2D eigenvalue weighted by molar-refractivity contribution is 0.174. The number of nitrogens with zero attached hydrogens (tertiary/aromatic N) is 2. The fourth-order valence-corrected chi connectivity index (χ4v) is 2.21. The summed E-state index contributed by atoms with van der Waals surface area (Å²) in [4.78, 5) is 0. The number of ether oxygens (including phenoxy) is 2. The first-order chi connectivity index (χ1) is 9.61. The minimum Gasteiger partial charge on any atom is -0.454 e. The zero-order valence-corrected chi connectivity index (χ0v) is 12.0. The van der Waals surface area contributed by atoms with Crippen molar-refractivity contribution in [1.82, 2.24) is 9.78 Å². The summed E-state index contributed by atoms with van der Waals surface area (Å²) in [6.45, 7) is 2.18. The Bertz CT molecular complexity index is 668. The predicted molar refractivity (Wildman–Crippen MR) is 80.4 cm³/mol. The molecule has 6 nitrogen and oxygen atoms in total. The molecule has 1 aliphatic heterocycles. The summed E-state index contributed by atoms with van der Waals surface area (Å²) in [5.41, 5.74) is 2.61. The van der Waals surface area contributed by atoms with Crippen LogP contribution in [0.3, 0.4) is 0 Å². The predicted octanol–water partition coefficient (Wildman–Crippen LogP) is 2.27. The van der Waals surface area contributed by atoms with E-state index in [-0.39, 0.29) is 6.79 Å². The van der Waals surface area contributed by atoms with Gasteiger partial charge in [-0.25, -0.2) is 0 Å². The summed E-state index contributed by atoms with van der Waals surface area (Å²) >= 11 is 5.28. The summed E-state index contributed by atoms with van der Waals surface area (Å²) < 4.78 is 12.3. The lowest BCUT2D eigenvalue weighted by atomic mass is 10.3. The summed E-state index contributed by atoms with van der Waals surface area (Å²) in [7, 11) is 1.87. The van der Waals surface area contributed by atoms with E-state index in [1.54, 1.807) is 4.68 Å². The third-order valence-corrected chi connectivity index (χ3v) is 3.10. The highest BCUT2D eigenvalue weighted by Crippen LogP contribution is 2.34. The molecule has 1 aromatic carbocycles. The molecule has 0 amide bonds. The van der Waals surface area contributed by atoms with E-state index in [0.717, 1.165) is 28.6 Å². The second kappa shape index (κ2) is 5.01. The van der Waals surface area contributed by atoms with Gasteiger partial charge in [0.15, 0.2) is 16.6 Å². The van der Waals surface area contributed by atoms with E-state index in [0.29, 0.717) is 5.11 Å². The molecule has 0 atom stereocenters. The van der Waals surface area contributed by atoms with Crippen LogP contribution in [0.1, 0.15) is 5.69 Å². The van der Waals surface area contributed by atoms with Crippen molar-refractivity contribution in [3.05, 3.63) is 30.1 Å². The summed E-state index contributed by atoms with van der Waals surface area (Å²) in [5.74, 6) is 1.47. The molecule has 0 aliphatic carbocycles. The molecule has 1 aliphatic rings. The molecule has 0 bridgehead atoms. The van der Waals surface area contributed by atoms with Crippen molar-refractivity contribution < 1.29 is 9.47 Å². The van der Waals surface area contributed by atoms with Gasteiger partial charge in [-0.1, -0.05) is 0 Å². The highest BCUT2D eigenvalue weighted by atomic mass is 32.1. The largest absolute Gasteiger partial charge is 0.454 e. The summed E-state index contributed by atoms with van der Waals surface area (Å²) in [5, 5.41) is 11.0. The van der Waals surface area contributed by atoms with Crippen molar-refractivity contribution in [2.75, 3.05) is 17.4 Å². The Balaban J connectivity index is 1.68. The van der Waals surface area contributed by atoms with Gasteiger partial charge in [0.05, 0.1) is 11.4 Å². The van der Waals surface area contributed by atoms with Crippen LogP contribution < -0.4 is 20.1 Å². The molecule has 2 aromatic rings. The Kier molecular flexibility index (Phi) is 3.19. The Morgan fingerprint density at radius 1 is 1.30 bits per heavy atom. The first-order valence-electron chi connectivity index (χ1n) is 6.10. The van der Waals surface area contributed by atoms with Crippen LogP contribution in [-0.2, 0) is 7.05 Å². The second-order valence-corrected chi connectivity index (χ2v) is 4.86. The molecule has 0 spiro atoms. The van der Waals surface area contributed by atoms with Crippen LogP contribution in [-0.4, -0.2) is 21.7 Å². The molecule has 20 heavy (non-hydrogen) atoms. The maximum absolute atomic E-state index is 5.32. The van der Waals surface area contributed by atoms with Crippen molar-refractivity contribution in [2.45, 2.75) is 6.92 Å². The van der Waals surface area contributed by atoms with E-state index in [1.165, 1.54) is 0 Å². The van der Waals surface area contributed by atoms with Gasteiger partial charge in [0, 0.05) is 25.0 Å². The molecule has 0 saturated heterocycles. The van der Waals surface area contributed by atoms with Gasteiger partial charge < -0.3 is 20.1 Å². The minimum atomic E-state index is 0.260. The van der Waals surface area contributed by atoms with Gasteiger partial charge in [-0.2, -0.15) is 5.10 Å². The van der Waals surface area contributed by atoms with Gasteiger partial charge in [-0.05, 0) is 31.3 Å². The normalized spacial score (nSPS) is 12.3. The summed E-state index contributed by atoms with van der Waals surface area (Å²) in [6, 6.07) is 5.59. The minimum absolute atomic E-state index is 0.260. The van der Waals surface area contributed by atoms with Gasteiger partial charge >= 0.3 is 0 Å². The molecule has 7 heteroatoms. The van der Waals surface area contributed by atoms with Crippen LogP contribution in [0.2, 0.25) is 0 Å². The quantitative estimate of drug-likeness (QED) is 0.827. The molecule has 0 saturated carbocycles. The van der Waals surface area contributed by atoms with E-state index in [9.17, 15) is 0 Å². The van der Waals surface area contributed by atoms with Crippen molar-refractivity contribution in [3.63, 3.8) is 0 Å². The Morgan fingerprint density at radius 2 is 2.10 bits per heavy atom. The van der Waals surface area contributed by atoms with Crippen molar-refractivity contribution in [3.8, 4) is 11.5 Å². The smallest absolute Gasteiger partial charge is 0.231 e. The van der Waals surface area contributed by atoms with Gasteiger partial charge in [0.2, 0.25) is 6.79 Å². The van der Waals surface area contributed by atoms with Crippen LogP contribution in [0.5, 0.6) is 11.5 Å². The highest BCUT2D eigenvalue weighted by molar-refractivity contribution is 7.80. The molecule has 0 unspecified atom stereocenters. The Hall–Kier alpha value is -2.28. The fourth-order valence-electron chi connectivity index (χ4n) is 1.98. The topological polar surface area (TPSA) is 60.3 Å². The van der Waals surface area contributed by atoms with Gasteiger partial charge in [0.1, 0.15) is 0 Å². The number of benzene rings is 1. The van der Waals surface area contributed by atoms with Crippen LogP contribution >= 0.6 is 12.2 Å². The molecule has 2 heterocycles. The number of thiocarbonyl (C=S) groups is 1. The van der Waals surface area contributed by atoms with Gasteiger partial charge in [-0.3, -0.25) is 4.68 Å². The lowest BCUT2D eigenvalue weighted by Gasteiger charge is -2.10. The Labute approximate surface area is 121 Å². The van der Waals surface area contributed by atoms with E-state index in [2.05, 4.69) is 15.7 Å². The third-order valence-electron chi connectivity index (χ3n) is 2.89. The van der Waals surface area contributed by atoms with Crippen LogP contribution in [0.25, 0.3) is 0 Å². The van der Waals surface area contributed by atoms with Crippen molar-refractivity contribution in [1.29, 1.82) is 0 Å². The average Bonchev–Trinajstić information content (AvgIpc) is 2.96. The van der Waals surface area contributed by atoms with Crippen LogP contribution in [0, 0.1) is 6.92 Å². The van der Waals surface area contributed by atoms with Gasteiger partial charge in [0.25, 0.3) is 0 Å². The maximum atomic E-state index is 5.32. The first kappa shape index (κ1) is 12.7. The zero-order chi connectivity index (χ0) is 14.1. The standard InChI is InChI=1S/C13H14N4O2S/c1-8-10(6-17(2)16-8)15-13(20)14-9-3-4-11-12(5-9)19-7-18-11/h3-6H,7H2,1-2H3,(H2,14,15,20). The zero-order valence-electron chi connectivity index (χ0n) is 11.1. The fraction of sp³-hybridized carbons (Fsp3) is 0.231. The number of anilines is 2. The van der Waals surface area contributed by atoms with E-state index in [1.807, 2.05) is 38.4 Å². The van der Waals surface area contributed by atoms with E-state index < -0.39 is 0 Å². The number of nitrogens with one attached hydrogen (secondary N) is 2. The monoisotopic (exact) mass is 290 g/mol. The van der Waals surface area contributed by atoms with Gasteiger partial charge in [-0.15, -0.1) is 0 Å². The SMILES string of the molecule is Cc1nn(C)cc1NC(=S)Nc1ccc2c(c1)OCO2. The number of hydrogen-bond acceptors (Lipinski definition) is 4. The van der Waals surface area contributed by atoms with Crippen molar-refractivity contribution >= 4 is 28.7 Å². The van der Waals surface area contributed by atoms with Crippen LogP contribution in [0.4, 0.5) is 11.4 Å². The molecule has 1 aromatic heterocycles. The Morgan fingerprint density at radius 3 is 2.85 bits per heavy atom. The van der Waals surface area contributed by atoms with Crippen molar-refractivity contribution in [2.24, 2.45) is 7.05 Å². The lowest BCUT2D eigenvalue weighted by Crippen LogP contribution is -2.19. The number of fused-ring (bicyclic) bond motifs is 1. The first-order valence-corrected chi connectivity index (χ1v) is 6.50. The van der Waals surface area contributed by atoms with E-state index >= 15 is 0 Å². The third kappa shape index (κ3) is 2.53. The number of aromatic nitrogens is 2. The molecule has 0 radical (unpaired) electrons. The highest BCUT2D eigenvalue weighted by Gasteiger charge is 2.13. The molecular formula is C13H14N4O2S. The molecule has 3 rings (SSSR count). The van der Waals surface area contributed by atoms with E-state index in [4.69, 9.17) is 21.7 Å². The molecular weight excluding hydrogens is 276 g/mol. The number of aryl methyl sites for hydroxylation is 2. The number of rotatable bonds is 2. The molecule has 104 valence electrons. The summed E-state index contributed by atoms with van der Waals surface area (Å²) in [6.07, 6.45) is 1.88. The van der Waals surface area contributed by atoms with Crippen LogP contribution in [0.15, 0.2) is 24.4 Å². The molecule has 0 fully saturated rings. The number of hydrogen-bond donors (Lipinski definition) is 2. The maximum Gasteiger partial charge on any atom is 0.231 e.